The molecule has 1 aromatic carbocycles. The Labute approximate surface area is 116 Å². The Balaban J connectivity index is 2.43. The highest BCUT2D eigenvalue weighted by Gasteiger charge is 2.32. The normalized spacial score (nSPS) is 11.6. The van der Waals surface area contributed by atoms with Crippen LogP contribution in [0.1, 0.15) is 11.1 Å². The molecule has 2 rings (SSSR count). The Bertz CT molecular complexity index is 636. The maximum atomic E-state index is 12.5. The molecule has 2 N–H and O–H groups in total. The lowest BCUT2D eigenvalue weighted by atomic mass is 10.2. The summed E-state index contributed by atoms with van der Waals surface area (Å²) < 4.78 is 38.5. The molecule has 1 aromatic heterocycles. The largest absolute Gasteiger partial charge is 0.419 e. The van der Waals surface area contributed by atoms with Gasteiger partial charge < -0.3 is 5.73 Å². The highest BCUT2D eigenvalue weighted by atomic mass is 35.5. The smallest absolute Gasteiger partial charge is 0.389 e. The maximum Gasteiger partial charge on any atom is 0.419 e. The van der Waals surface area contributed by atoms with E-state index in [1.807, 2.05) is 0 Å². The van der Waals surface area contributed by atoms with Gasteiger partial charge in [0.15, 0.2) is 0 Å². The number of nitrogens with zero attached hydrogens (tertiary/aromatic N) is 2. The topological polar surface area (TPSA) is 43.8 Å². The molecule has 0 atom stereocenters. The molecule has 0 aliphatic heterocycles. The second kappa shape index (κ2) is 4.82. The van der Waals surface area contributed by atoms with Gasteiger partial charge in [0.1, 0.15) is 4.99 Å². The van der Waals surface area contributed by atoms with Gasteiger partial charge in [0.05, 0.1) is 22.5 Å². The van der Waals surface area contributed by atoms with Crippen LogP contribution in [0.5, 0.6) is 0 Å². The van der Waals surface area contributed by atoms with Crippen LogP contribution in [0, 0.1) is 0 Å². The van der Waals surface area contributed by atoms with Crippen LogP contribution in [-0.4, -0.2) is 14.8 Å². The van der Waals surface area contributed by atoms with E-state index >= 15 is 0 Å². The van der Waals surface area contributed by atoms with Gasteiger partial charge in [-0.2, -0.15) is 18.3 Å². The first kappa shape index (κ1) is 13.8. The Morgan fingerprint density at radius 3 is 2.53 bits per heavy atom. The minimum Gasteiger partial charge on any atom is -0.389 e. The van der Waals surface area contributed by atoms with E-state index in [1.54, 1.807) is 6.07 Å². The summed E-state index contributed by atoms with van der Waals surface area (Å²) >= 11 is 10.8. The lowest BCUT2D eigenvalue weighted by Crippen LogP contribution is -2.09. The summed E-state index contributed by atoms with van der Waals surface area (Å²) in [6, 6.07) is 4.55. The van der Waals surface area contributed by atoms with Crippen LogP contribution >= 0.6 is 23.8 Å². The van der Waals surface area contributed by atoms with Crippen LogP contribution in [0.4, 0.5) is 13.2 Å². The molecule has 8 heteroatoms. The molecule has 2 aromatic rings. The monoisotopic (exact) mass is 305 g/mol. The third kappa shape index (κ3) is 2.87. The average molecular weight is 306 g/mol. The number of halogens is 4. The molecule has 0 fully saturated rings. The summed E-state index contributed by atoms with van der Waals surface area (Å²) in [7, 11) is 0. The van der Waals surface area contributed by atoms with Crippen LogP contribution in [0.15, 0.2) is 30.6 Å². The van der Waals surface area contributed by atoms with Gasteiger partial charge in [-0.05, 0) is 18.2 Å². The fourth-order valence-electron chi connectivity index (χ4n) is 1.45. The molecule has 100 valence electrons. The highest BCUT2D eigenvalue weighted by Crippen LogP contribution is 2.30. The Hall–Kier alpha value is -1.60. The predicted octanol–water partition coefficient (Wildman–Crippen LogP) is 3.18. The first-order valence-electron chi connectivity index (χ1n) is 5.00. The molecule has 0 spiro atoms. The fourth-order valence-corrected chi connectivity index (χ4v) is 1.84. The van der Waals surface area contributed by atoms with E-state index in [9.17, 15) is 13.2 Å². The van der Waals surface area contributed by atoms with Crippen molar-refractivity contribution in [2.24, 2.45) is 5.73 Å². The molecule has 0 radical (unpaired) electrons. The summed E-state index contributed by atoms with van der Waals surface area (Å²) in [5, 5.41) is 3.85. The van der Waals surface area contributed by atoms with Crippen LogP contribution in [0.3, 0.4) is 0 Å². The molecule has 0 amide bonds. The first-order chi connectivity index (χ1) is 8.79. The Kier molecular flexibility index (Phi) is 3.51. The van der Waals surface area contributed by atoms with Crippen molar-refractivity contribution >= 4 is 28.8 Å². The van der Waals surface area contributed by atoms with Crippen molar-refractivity contribution in [2.45, 2.75) is 6.18 Å². The zero-order valence-corrected chi connectivity index (χ0v) is 10.9. The minimum atomic E-state index is -4.44. The van der Waals surface area contributed by atoms with E-state index in [-0.39, 0.29) is 10.0 Å². The van der Waals surface area contributed by atoms with E-state index in [1.165, 1.54) is 12.1 Å². The van der Waals surface area contributed by atoms with Crippen molar-refractivity contribution in [2.75, 3.05) is 0 Å². The van der Waals surface area contributed by atoms with E-state index in [4.69, 9.17) is 29.6 Å². The van der Waals surface area contributed by atoms with Gasteiger partial charge in [-0.3, -0.25) is 0 Å². The van der Waals surface area contributed by atoms with Gasteiger partial charge in [-0.1, -0.05) is 23.8 Å². The SMILES string of the molecule is NC(=S)c1ccc(-n2cc(C(F)(F)F)cn2)c(Cl)c1. The van der Waals surface area contributed by atoms with Gasteiger partial charge in [0, 0.05) is 11.8 Å². The maximum absolute atomic E-state index is 12.5. The quantitative estimate of drug-likeness (QED) is 0.867. The van der Waals surface area contributed by atoms with Crippen LogP contribution in [0.2, 0.25) is 5.02 Å². The molecule has 0 aliphatic carbocycles. The number of alkyl halides is 3. The zero-order chi connectivity index (χ0) is 14.2. The summed E-state index contributed by atoms with van der Waals surface area (Å²) in [6.07, 6.45) is -2.84. The third-order valence-corrected chi connectivity index (χ3v) is 2.93. The lowest BCUT2D eigenvalue weighted by Gasteiger charge is -2.06. The fraction of sp³-hybridized carbons (Fsp3) is 0.0909. The summed E-state index contributed by atoms with van der Waals surface area (Å²) in [6.45, 7) is 0. The molecule has 0 bridgehead atoms. The number of benzene rings is 1. The van der Waals surface area contributed by atoms with Crippen LogP contribution < -0.4 is 5.73 Å². The van der Waals surface area contributed by atoms with Gasteiger partial charge in [-0.25, -0.2) is 4.68 Å². The predicted molar refractivity (Wildman–Crippen MR) is 69.5 cm³/mol. The first-order valence-corrected chi connectivity index (χ1v) is 5.79. The van der Waals surface area contributed by atoms with Crippen molar-refractivity contribution in [1.29, 1.82) is 0 Å². The number of hydrogen-bond donors (Lipinski definition) is 1. The average Bonchev–Trinajstić information content (AvgIpc) is 2.77. The number of aromatic nitrogens is 2. The van der Waals surface area contributed by atoms with Gasteiger partial charge in [-0.15, -0.1) is 0 Å². The van der Waals surface area contributed by atoms with Crippen molar-refractivity contribution in [3.05, 3.63) is 46.7 Å². The van der Waals surface area contributed by atoms with Crippen molar-refractivity contribution in [3.63, 3.8) is 0 Å². The molecule has 1 heterocycles. The second-order valence-corrected chi connectivity index (χ2v) is 4.55. The number of hydrogen-bond acceptors (Lipinski definition) is 2. The van der Waals surface area contributed by atoms with E-state index in [2.05, 4.69) is 5.10 Å². The van der Waals surface area contributed by atoms with Crippen LogP contribution in [0.25, 0.3) is 5.69 Å². The van der Waals surface area contributed by atoms with Crippen molar-refractivity contribution in [3.8, 4) is 5.69 Å². The van der Waals surface area contributed by atoms with Gasteiger partial charge >= 0.3 is 6.18 Å². The van der Waals surface area contributed by atoms with E-state index in [0.29, 0.717) is 11.3 Å². The molecule has 19 heavy (non-hydrogen) atoms. The number of nitrogens with two attached hydrogens (primary N) is 1. The Morgan fingerprint density at radius 1 is 1.37 bits per heavy atom. The zero-order valence-electron chi connectivity index (χ0n) is 9.28. The summed E-state index contributed by atoms with van der Waals surface area (Å²) in [4.78, 5) is 0.157. The summed E-state index contributed by atoms with van der Waals surface area (Å²) in [5.41, 5.74) is 5.44. The lowest BCUT2D eigenvalue weighted by molar-refractivity contribution is -0.137. The standard InChI is InChI=1S/C11H7ClF3N3S/c12-8-3-6(10(16)19)1-2-9(8)18-5-7(4-17-18)11(13,14)15/h1-5H,(H2,16,19). The number of thiocarbonyl (C=S) groups is 1. The molecular formula is C11H7ClF3N3S. The minimum absolute atomic E-state index is 0.157. The van der Waals surface area contributed by atoms with Crippen LogP contribution in [-0.2, 0) is 6.18 Å². The molecule has 0 saturated heterocycles. The molecule has 0 saturated carbocycles. The third-order valence-electron chi connectivity index (χ3n) is 2.39. The van der Waals surface area contributed by atoms with Gasteiger partial charge in [0.25, 0.3) is 0 Å². The molecular weight excluding hydrogens is 299 g/mol. The molecule has 0 aliphatic rings. The molecule has 0 unspecified atom stereocenters. The summed E-state index contributed by atoms with van der Waals surface area (Å²) in [5.74, 6) is 0. The second-order valence-electron chi connectivity index (χ2n) is 3.70. The molecule has 3 nitrogen and oxygen atoms in total. The van der Waals surface area contributed by atoms with Gasteiger partial charge in [0.2, 0.25) is 0 Å². The van der Waals surface area contributed by atoms with Crippen molar-refractivity contribution in [1.82, 2.24) is 9.78 Å². The van der Waals surface area contributed by atoms with E-state index < -0.39 is 11.7 Å². The van der Waals surface area contributed by atoms with Crippen molar-refractivity contribution < 1.29 is 13.2 Å². The Morgan fingerprint density at radius 2 is 2.05 bits per heavy atom. The number of rotatable bonds is 2. The van der Waals surface area contributed by atoms with E-state index in [0.717, 1.165) is 17.1 Å². The highest BCUT2D eigenvalue weighted by molar-refractivity contribution is 7.80.